The number of allylic oxidation sites excluding steroid dienone is 1. The first kappa shape index (κ1) is 13.0. The largest absolute Gasteiger partial charge is 0.324 e. The first-order chi connectivity index (χ1) is 8.61. The minimum atomic E-state index is 0.491. The van der Waals surface area contributed by atoms with E-state index in [4.69, 9.17) is 23.2 Å². The monoisotopic (exact) mass is 281 g/mol. The molecule has 0 aliphatic heterocycles. The molecule has 0 unspecified atom stereocenters. The SMILES string of the molecule is C=CCn1cc(C)nc1Nc1cccc(Cl)c1Cl. The van der Waals surface area contributed by atoms with Crippen LogP contribution >= 0.6 is 23.2 Å². The van der Waals surface area contributed by atoms with Crippen molar-refractivity contribution >= 4 is 34.8 Å². The molecule has 94 valence electrons. The molecule has 0 saturated heterocycles. The third kappa shape index (κ3) is 2.68. The molecule has 1 N–H and O–H groups in total. The van der Waals surface area contributed by atoms with Crippen molar-refractivity contribution in [3.8, 4) is 0 Å². The highest BCUT2D eigenvalue weighted by molar-refractivity contribution is 6.43. The smallest absolute Gasteiger partial charge is 0.207 e. The minimum absolute atomic E-state index is 0.491. The average molecular weight is 282 g/mol. The molecule has 2 aromatic rings. The lowest BCUT2D eigenvalue weighted by Crippen LogP contribution is -2.02. The Morgan fingerprint density at radius 3 is 2.94 bits per heavy atom. The first-order valence-electron chi connectivity index (χ1n) is 5.47. The van der Waals surface area contributed by atoms with E-state index in [0.717, 1.165) is 17.3 Å². The number of rotatable bonds is 4. The molecular formula is C13H13Cl2N3. The molecule has 0 radical (unpaired) electrons. The Bertz CT molecular complexity index is 576. The van der Waals surface area contributed by atoms with Crippen LogP contribution in [0.1, 0.15) is 5.69 Å². The van der Waals surface area contributed by atoms with Gasteiger partial charge in [-0.1, -0.05) is 35.3 Å². The van der Waals surface area contributed by atoms with Crippen LogP contribution in [0.5, 0.6) is 0 Å². The lowest BCUT2D eigenvalue weighted by Gasteiger charge is -2.10. The molecule has 1 aromatic heterocycles. The van der Waals surface area contributed by atoms with Crippen LogP contribution in [-0.4, -0.2) is 9.55 Å². The predicted octanol–water partition coefficient (Wildman–Crippen LogP) is 4.43. The number of nitrogens with one attached hydrogen (secondary N) is 1. The zero-order valence-corrected chi connectivity index (χ0v) is 11.5. The van der Waals surface area contributed by atoms with Crippen LogP contribution in [0.25, 0.3) is 0 Å². The summed E-state index contributed by atoms with van der Waals surface area (Å²) in [5, 5.41) is 4.18. The zero-order valence-electron chi connectivity index (χ0n) is 9.95. The van der Waals surface area contributed by atoms with Crippen LogP contribution in [0.4, 0.5) is 11.6 Å². The highest BCUT2D eigenvalue weighted by Gasteiger charge is 2.08. The van der Waals surface area contributed by atoms with Crippen molar-refractivity contribution in [1.82, 2.24) is 9.55 Å². The number of hydrogen-bond donors (Lipinski definition) is 1. The van der Waals surface area contributed by atoms with Gasteiger partial charge < -0.3 is 9.88 Å². The Balaban J connectivity index is 2.33. The second kappa shape index (κ2) is 5.46. The summed E-state index contributed by atoms with van der Waals surface area (Å²) in [6.07, 6.45) is 3.76. The van der Waals surface area contributed by atoms with Gasteiger partial charge in [0, 0.05) is 12.7 Å². The summed E-state index contributed by atoms with van der Waals surface area (Å²) < 4.78 is 1.96. The van der Waals surface area contributed by atoms with Crippen molar-refractivity contribution in [1.29, 1.82) is 0 Å². The number of benzene rings is 1. The summed E-state index contributed by atoms with van der Waals surface area (Å²) in [5.74, 6) is 0.719. The summed E-state index contributed by atoms with van der Waals surface area (Å²) >= 11 is 12.1. The summed E-state index contributed by atoms with van der Waals surface area (Å²) in [5.41, 5.74) is 1.66. The maximum Gasteiger partial charge on any atom is 0.207 e. The molecule has 5 heteroatoms. The quantitative estimate of drug-likeness (QED) is 0.841. The number of anilines is 2. The highest BCUT2D eigenvalue weighted by Crippen LogP contribution is 2.31. The number of aromatic nitrogens is 2. The van der Waals surface area contributed by atoms with Gasteiger partial charge in [0.2, 0.25) is 5.95 Å². The summed E-state index contributed by atoms with van der Waals surface area (Å²) in [7, 11) is 0. The van der Waals surface area contributed by atoms with Gasteiger partial charge in [-0.15, -0.1) is 6.58 Å². The number of halogens is 2. The zero-order chi connectivity index (χ0) is 13.1. The standard InChI is InChI=1S/C13H13Cl2N3/c1-3-7-18-8-9(2)16-13(18)17-11-6-4-5-10(14)12(11)15/h3-6,8H,1,7H2,2H3,(H,16,17). The normalized spacial score (nSPS) is 10.4. The molecule has 0 saturated carbocycles. The minimum Gasteiger partial charge on any atom is -0.324 e. The summed E-state index contributed by atoms with van der Waals surface area (Å²) in [6, 6.07) is 5.44. The number of imidazole rings is 1. The van der Waals surface area contributed by atoms with E-state index in [0.29, 0.717) is 16.6 Å². The predicted molar refractivity (Wildman–Crippen MR) is 76.9 cm³/mol. The third-order valence-electron chi connectivity index (χ3n) is 2.42. The van der Waals surface area contributed by atoms with Crippen LogP contribution in [0.15, 0.2) is 37.1 Å². The molecule has 18 heavy (non-hydrogen) atoms. The molecule has 0 aliphatic carbocycles. The van der Waals surface area contributed by atoms with E-state index in [1.807, 2.05) is 35.9 Å². The molecule has 0 aliphatic rings. The number of nitrogens with zero attached hydrogens (tertiary/aromatic N) is 2. The van der Waals surface area contributed by atoms with Crippen molar-refractivity contribution < 1.29 is 0 Å². The Hall–Kier alpha value is -1.45. The fourth-order valence-electron chi connectivity index (χ4n) is 1.65. The lowest BCUT2D eigenvalue weighted by molar-refractivity contribution is 0.832. The van der Waals surface area contributed by atoms with Gasteiger partial charge in [-0.3, -0.25) is 0 Å². The van der Waals surface area contributed by atoms with Gasteiger partial charge in [-0.2, -0.15) is 0 Å². The van der Waals surface area contributed by atoms with Crippen molar-refractivity contribution in [3.05, 3.63) is 52.8 Å². The maximum atomic E-state index is 6.13. The third-order valence-corrected chi connectivity index (χ3v) is 3.24. The number of aryl methyl sites for hydroxylation is 1. The van der Waals surface area contributed by atoms with Gasteiger partial charge in [0.1, 0.15) is 0 Å². The van der Waals surface area contributed by atoms with Gasteiger partial charge in [-0.25, -0.2) is 4.98 Å². The van der Waals surface area contributed by atoms with Crippen LogP contribution < -0.4 is 5.32 Å². The van der Waals surface area contributed by atoms with Gasteiger partial charge in [0.25, 0.3) is 0 Å². The lowest BCUT2D eigenvalue weighted by atomic mass is 10.3. The second-order valence-electron chi connectivity index (χ2n) is 3.87. The molecule has 0 spiro atoms. The van der Waals surface area contributed by atoms with E-state index in [2.05, 4.69) is 16.9 Å². The topological polar surface area (TPSA) is 29.9 Å². The average Bonchev–Trinajstić information content (AvgIpc) is 2.66. The van der Waals surface area contributed by atoms with E-state index in [9.17, 15) is 0 Å². The Kier molecular flexibility index (Phi) is 3.94. The van der Waals surface area contributed by atoms with E-state index in [-0.39, 0.29) is 0 Å². The molecule has 0 amide bonds. The molecule has 0 atom stereocenters. The summed E-state index contributed by atoms with van der Waals surface area (Å²) in [6.45, 7) is 6.34. The Morgan fingerprint density at radius 2 is 2.22 bits per heavy atom. The Morgan fingerprint density at radius 1 is 1.44 bits per heavy atom. The van der Waals surface area contributed by atoms with Crippen LogP contribution in [0.3, 0.4) is 0 Å². The molecule has 3 nitrogen and oxygen atoms in total. The fraction of sp³-hybridized carbons (Fsp3) is 0.154. The van der Waals surface area contributed by atoms with Crippen molar-refractivity contribution in [2.75, 3.05) is 5.32 Å². The van der Waals surface area contributed by atoms with Gasteiger partial charge in [0.05, 0.1) is 21.4 Å². The van der Waals surface area contributed by atoms with E-state index >= 15 is 0 Å². The number of hydrogen-bond acceptors (Lipinski definition) is 2. The molecular weight excluding hydrogens is 269 g/mol. The van der Waals surface area contributed by atoms with Crippen molar-refractivity contribution in [2.24, 2.45) is 0 Å². The van der Waals surface area contributed by atoms with Gasteiger partial charge in [-0.05, 0) is 19.1 Å². The highest BCUT2D eigenvalue weighted by atomic mass is 35.5. The second-order valence-corrected chi connectivity index (χ2v) is 4.66. The van der Waals surface area contributed by atoms with E-state index in [1.54, 1.807) is 6.07 Å². The summed E-state index contributed by atoms with van der Waals surface area (Å²) in [4.78, 5) is 4.40. The Labute approximate surface area is 116 Å². The van der Waals surface area contributed by atoms with Crippen molar-refractivity contribution in [2.45, 2.75) is 13.5 Å². The molecule has 0 bridgehead atoms. The van der Waals surface area contributed by atoms with E-state index in [1.165, 1.54) is 0 Å². The van der Waals surface area contributed by atoms with Crippen LogP contribution in [0, 0.1) is 6.92 Å². The van der Waals surface area contributed by atoms with Gasteiger partial charge >= 0.3 is 0 Å². The fourth-order valence-corrected chi connectivity index (χ4v) is 1.99. The molecule has 1 aromatic carbocycles. The van der Waals surface area contributed by atoms with Gasteiger partial charge in [0.15, 0.2) is 0 Å². The molecule has 2 rings (SSSR count). The first-order valence-corrected chi connectivity index (χ1v) is 6.23. The van der Waals surface area contributed by atoms with E-state index < -0.39 is 0 Å². The van der Waals surface area contributed by atoms with Crippen LogP contribution in [-0.2, 0) is 6.54 Å². The maximum absolute atomic E-state index is 6.13. The molecule has 1 heterocycles. The van der Waals surface area contributed by atoms with Crippen molar-refractivity contribution in [3.63, 3.8) is 0 Å². The van der Waals surface area contributed by atoms with Crippen LogP contribution in [0.2, 0.25) is 10.0 Å². The molecule has 0 fully saturated rings.